The van der Waals surface area contributed by atoms with Crippen LogP contribution in [0.3, 0.4) is 0 Å². The van der Waals surface area contributed by atoms with Crippen LogP contribution in [-0.4, -0.2) is 44.8 Å². The van der Waals surface area contributed by atoms with E-state index in [1.807, 2.05) is 31.2 Å². The van der Waals surface area contributed by atoms with Gasteiger partial charge in [0, 0.05) is 23.6 Å². The largest absolute Gasteiger partial charge is 0.357 e. The molecule has 2 amide bonds. The highest BCUT2D eigenvalue weighted by Crippen LogP contribution is 2.28. The van der Waals surface area contributed by atoms with Crippen LogP contribution < -0.4 is 9.62 Å². The lowest BCUT2D eigenvalue weighted by molar-refractivity contribution is -0.140. The van der Waals surface area contributed by atoms with Gasteiger partial charge in [-0.1, -0.05) is 60.5 Å². The molecule has 3 aromatic rings. The third-order valence-corrected chi connectivity index (χ3v) is 8.29. The molecule has 0 fully saturated rings. The first kappa shape index (κ1) is 28.5. The summed E-state index contributed by atoms with van der Waals surface area (Å²) in [7, 11) is -2.68. The molecule has 0 aliphatic heterocycles. The van der Waals surface area contributed by atoms with Crippen LogP contribution in [0.25, 0.3) is 0 Å². The molecule has 0 saturated carbocycles. The molecule has 0 aliphatic carbocycles. The Kier molecular flexibility index (Phi) is 9.59. The van der Waals surface area contributed by atoms with E-state index in [0.29, 0.717) is 16.5 Å². The van der Waals surface area contributed by atoms with Gasteiger partial charge in [0.1, 0.15) is 12.6 Å². The molecule has 0 aliphatic rings. The summed E-state index contributed by atoms with van der Waals surface area (Å²) in [5, 5.41) is 3.31. The number of nitrogens with one attached hydrogen (secondary N) is 1. The van der Waals surface area contributed by atoms with Gasteiger partial charge in [-0.2, -0.15) is 0 Å². The predicted molar refractivity (Wildman–Crippen MR) is 147 cm³/mol. The molecule has 3 aromatic carbocycles. The van der Waals surface area contributed by atoms with Crippen molar-refractivity contribution in [2.45, 2.75) is 37.8 Å². The molecule has 1 atom stereocenters. The van der Waals surface area contributed by atoms with E-state index in [-0.39, 0.29) is 23.0 Å². The third kappa shape index (κ3) is 6.83. The molecule has 3 rings (SSSR count). The van der Waals surface area contributed by atoms with Crippen molar-refractivity contribution in [2.75, 3.05) is 17.9 Å². The van der Waals surface area contributed by atoms with Crippen molar-refractivity contribution in [2.24, 2.45) is 0 Å². The zero-order valence-electron chi connectivity index (χ0n) is 20.8. The molecule has 0 saturated heterocycles. The van der Waals surface area contributed by atoms with E-state index < -0.39 is 28.5 Å². The Hall–Kier alpha value is -3.07. The molecule has 0 aromatic heterocycles. The fourth-order valence-corrected chi connectivity index (χ4v) is 5.67. The maximum atomic E-state index is 13.9. The van der Waals surface area contributed by atoms with E-state index in [1.54, 1.807) is 25.1 Å². The van der Waals surface area contributed by atoms with E-state index >= 15 is 0 Å². The van der Waals surface area contributed by atoms with Crippen LogP contribution in [0.4, 0.5) is 5.69 Å². The van der Waals surface area contributed by atoms with Gasteiger partial charge in [-0.15, -0.1) is 0 Å². The number of rotatable bonds is 10. The standard InChI is InChI=1S/C27H29Cl2N3O4S/c1-4-25(27(34)30-3)31(17-20-9-6-5-8-19(20)2)26(33)18-32(23-11-7-10-22(29)16-23)37(35,36)24-14-12-21(28)13-15-24/h5-16,25H,4,17-18H2,1-3H3,(H,30,34). The number of hydrogen-bond donors (Lipinski definition) is 1. The summed E-state index contributed by atoms with van der Waals surface area (Å²) in [6, 6.07) is 18.7. The van der Waals surface area contributed by atoms with Crippen LogP contribution in [0.1, 0.15) is 24.5 Å². The smallest absolute Gasteiger partial charge is 0.264 e. The van der Waals surface area contributed by atoms with Crippen LogP contribution in [0.15, 0.2) is 77.7 Å². The Bertz CT molecular complexity index is 1360. The molecule has 0 heterocycles. The van der Waals surface area contributed by atoms with E-state index in [2.05, 4.69) is 5.32 Å². The number of nitrogens with zero attached hydrogens (tertiary/aromatic N) is 2. The average molecular weight is 563 g/mol. The zero-order valence-corrected chi connectivity index (χ0v) is 23.1. The highest BCUT2D eigenvalue weighted by atomic mass is 35.5. The lowest BCUT2D eigenvalue weighted by Gasteiger charge is -2.33. The zero-order chi connectivity index (χ0) is 27.2. The van der Waals surface area contributed by atoms with Crippen LogP contribution in [-0.2, 0) is 26.2 Å². The van der Waals surface area contributed by atoms with Gasteiger partial charge in [-0.3, -0.25) is 13.9 Å². The minimum Gasteiger partial charge on any atom is -0.357 e. The second kappa shape index (κ2) is 12.4. The van der Waals surface area contributed by atoms with Crippen molar-refractivity contribution in [3.8, 4) is 0 Å². The third-order valence-electron chi connectivity index (χ3n) is 6.01. The van der Waals surface area contributed by atoms with E-state index in [4.69, 9.17) is 23.2 Å². The molecule has 0 spiro atoms. The van der Waals surface area contributed by atoms with Crippen molar-refractivity contribution >= 4 is 50.7 Å². The number of anilines is 1. The first-order valence-electron chi connectivity index (χ1n) is 11.7. The number of likely N-dealkylation sites (N-methyl/N-ethyl adjacent to an activating group) is 1. The van der Waals surface area contributed by atoms with E-state index in [9.17, 15) is 18.0 Å². The Labute approximate surface area is 228 Å². The van der Waals surface area contributed by atoms with Crippen LogP contribution >= 0.6 is 23.2 Å². The molecule has 196 valence electrons. The fourth-order valence-electron chi connectivity index (χ4n) is 3.95. The minimum atomic E-state index is -4.19. The number of halogens is 2. The number of aryl methyl sites for hydroxylation is 1. The highest BCUT2D eigenvalue weighted by Gasteiger charge is 2.33. The molecular formula is C27H29Cl2N3O4S. The van der Waals surface area contributed by atoms with Crippen molar-refractivity contribution < 1.29 is 18.0 Å². The molecule has 37 heavy (non-hydrogen) atoms. The summed E-state index contributed by atoms with van der Waals surface area (Å²) >= 11 is 12.1. The second-order valence-electron chi connectivity index (χ2n) is 8.43. The number of amides is 2. The lowest BCUT2D eigenvalue weighted by atomic mass is 10.1. The van der Waals surface area contributed by atoms with Crippen molar-refractivity contribution in [3.63, 3.8) is 0 Å². The van der Waals surface area contributed by atoms with Gasteiger partial charge in [0.15, 0.2) is 0 Å². The lowest BCUT2D eigenvalue weighted by Crippen LogP contribution is -2.51. The number of hydrogen-bond acceptors (Lipinski definition) is 4. The highest BCUT2D eigenvalue weighted by molar-refractivity contribution is 7.92. The summed E-state index contributed by atoms with van der Waals surface area (Å²) < 4.78 is 28.5. The van der Waals surface area contributed by atoms with Gasteiger partial charge in [0.2, 0.25) is 11.8 Å². The SMILES string of the molecule is CCC(C(=O)NC)N(Cc1ccccc1C)C(=O)CN(c1cccc(Cl)c1)S(=O)(=O)c1ccc(Cl)cc1. The maximum Gasteiger partial charge on any atom is 0.264 e. The maximum absolute atomic E-state index is 13.9. The summed E-state index contributed by atoms with van der Waals surface area (Å²) in [6.45, 7) is 3.33. The van der Waals surface area contributed by atoms with E-state index in [0.717, 1.165) is 15.4 Å². The second-order valence-corrected chi connectivity index (χ2v) is 11.2. The molecule has 10 heteroatoms. The van der Waals surface area contributed by atoms with Gasteiger partial charge < -0.3 is 10.2 Å². The van der Waals surface area contributed by atoms with Crippen LogP contribution in [0, 0.1) is 6.92 Å². The van der Waals surface area contributed by atoms with Gasteiger partial charge in [0.05, 0.1) is 10.6 Å². The fraction of sp³-hybridized carbons (Fsp3) is 0.259. The van der Waals surface area contributed by atoms with Gasteiger partial charge in [0.25, 0.3) is 10.0 Å². The number of carbonyl (C=O) groups is 2. The first-order valence-corrected chi connectivity index (χ1v) is 13.9. The Morgan fingerprint density at radius 2 is 1.62 bits per heavy atom. The molecule has 1 unspecified atom stereocenters. The minimum absolute atomic E-state index is 0.0338. The van der Waals surface area contributed by atoms with E-state index in [1.165, 1.54) is 42.3 Å². The number of benzene rings is 3. The normalized spacial score (nSPS) is 12.0. The first-order chi connectivity index (χ1) is 17.6. The van der Waals surface area contributed by atoms with Gasteiger partial charge >= 0.3 is 0 Å². The molecule has 0 radical (unpaired) electrons. The molecule has 7 nitrogen and oxygen atoms in total. The molecule has 0 bridgehead atoms. The topological polar surface area (TPSA) is 86.8 Å². The van der Waals surface area contributed by atoms with Gasteiger partial charge in [-0.05, 0) is 66.9 Å². The molecule has 1 N–H and O–H groups in total. The monoisotopic (exact) mass is 561 g/mol. The Balaban J connectivity index is 2.07. The summed E-state index contributed by atoms with van der Waals surface area (Å²) in [5.41, 5.74) is 2.03. The van der Waals surface area contributed by atoms with Crippen molar-refractivity contribution in [3.05, 3.63) is 94.0 Å². The van der Waals surface area contributed by atoms with Crippen molar-refractivity contribution in [1.29, 1.82) is 0 Å². The quantitative estimate of drug-likeness (QED) is 0.375. The predicted octanol–water partition coefficient (Wildman–Crippen LogP) is 5.05. The van der Waals surface area contributed by atoms with Crippen molar-refractivity contribution in [1.82, 2.24) is 10.2 Å². The average Bonchev–Trinajstić information content (AvgIpc) is 2.88. The van der Waals surface area contributed by atoms with Crippen LogP contribution in [0.5, 0.6) is 0 Å². The number of carbonyl (C=O) groups excluding carboxylic acids is 2. The van der Waals surface area contributed by atoms with Crippen LogP contribution in [0.2, 0.25) is 10.0 Å². The molecular weight excluding hydrogens is 533 g/mol. The summed E-state index contributed by atoms with van der Waals surface area (Å²) in [4.78, 5) is 28.0. The summed E-state index contributed by atoms with van der Waals surface area (Å²) in [6.07, 6.45) is 0.346. The Morgan fingerprint density at radius 3 is 2.22 bits per heavy atom. The Morgan fingerprint density at radius 1 is 0.946 bits per heavy atom. The summed E-state index contributed by atoms with van der Waals surface area (Å²) in [5.74, 6) is -0.865. The number of sulfonamides is 1. The van der Waals surface area contributed by atoms with Gasteiger partial charge in [-0.25, -0.2) is 8.42 Å².